The first-order valence-electron chi connectivity index (χ1n) is 9.22. The van der Waals surface area contributed by atoms with Crippen LogP contribution in [0.15, 0.2) is 54.6 Å². The van der Waals surface area contributed by atoms with E-state index in [1.807, 2.05) is 54.3 Å². The SMILES string of the molecule is C[C@@H]1C(O)N(CCC(=O)c2ccccc2)CC[C@]1(C)c1cccc(O)c1. The average Bonchev–Trinajstić information content (AvgIpc) is 2.66. The van der Waals surface area contributed by atoms with E-state index in [9.17, 15) is 15.0 Å². The second kappa shape index (κ2) is 7.60. The van der Waals surface area contributed by atoms with Crippen LogP contribution < -0.4 is 0 Å². The van der Waals surface area contributed by atoms with Gasteiger partial charge in [0.2, 0.25) is 0 Å². The summed E-state index contributed by atoms with van der Waals surface area (Å²) in [4.78, 5) is 14.3. The molecule has 0 aromatic heterocycles. The zero-order chi connectivity index (χ0) is 18.7. The Balaban J connectivity index is 1.66. The van der Waals surface area contributed by atoms with Crippen molar-refractivity contribution in [3.63, 3.8) is 0 Å². The predicted molar refractivity (Wildman–Crippen MR) is 102 cm³/mol. The van der Waals surface area contributed by atoms with Crippen LogP contribution >= 0.6 is 0 Å². The van der Waals surface area contributed by atoms with Crippen LogP contribution in [-0.4, -0.2) is 40.2 Å². The second-order valence-electron chi connectivity index (χ2n) is 7.50. The molecule has 1 unspecified atom stereocenters. The van der Waals surface area contributed by atoms with Crippen molar-refractivity contribution in [1.82, 2.24) is 4.90 Å². The molecule has 26 heavy (non-hydrogen) atoms. The topological polar surface area (TPSA) is 60.8 Å². The van der Waals surface area contributed by atoms with Crippen LogP contribution in [0, 0.1) is 5.92 Å². The Morgan fingerprint density at radius 2 is 1.92 bits per heavy atom. The highest BCUT2D eigenvalue weighted by Crippen LogP contribution is 2.42. The number of phenolic OH excluding ortho intramolecular Hbond substituents is 1. The smallest absolute Gasteiger partial charge is 0.164 e. The Morgan fingerprint density at radius 1 is 1.19 bits per heavy atom. The van der Waals surface area contributed by atoms with Gasteiger partial charge in [0, 0.05) is 36.4 Å². The maximum Gasteiger partial charge on any atom is 0.164 e. The highest BCUT2D eigenvalue weighted by molar-refractivity contribution is 5.96. The van der Waals surface area contributed by atoms with E-state index in [0.29, 0.717) is 13.0 Å². The van der Waals surface area contributed by atoms with Gasteiger partial charge < -0.3 is 10.2 Å². The van der Waals surface area contributed by atoms with E-state index in [-0.39, 0.29) is 22.9 Å². The molecular formula is C22H27NO3. The number of aromatic hydroxyl groups is 1. The molecule has 1 fully saturated rings. The third kappa shape index (κ3) is 3.67. The summed E-state index contributed by atoms with van der Waals surface area (Å²) in [7, 11) is 0. The molecule has 1 saturated heterocycles. The molecule has 0 aliphatic carbocycles. The quantitative estimate of drug-likeness (QED) is 0.807. The van der Waals surface area contributed by atoms with Gasteiger partial charge in [-0.05, 0) is 24.1 Å². The number of benzene rings is 2. The average molecular weight is 353 g/mol. The molecular weight excluding hydrogens is 326 g/mol. The van der Waals surface area contributed by atoms with Crippen molar-refractivity contribution in [2.75, 3.05) is 13.1 Å². The highest BCUT2D eigenvalue weighted by Gasteiger charge is 2.43. The molecule has 0 radical (unpaired) electrons. The van der Waals surface area contributed by atoms with E-state index in [0.717, 1.165) is 24.1 Å². The number of phenols is 1. The normalized spacial score (nSPS) is 26.6. The fourth-order valence-electron chi connectivity index (χ4n) is 3.91. The molecule has 138 valence electrons. The summed E-state index contributed by atoms with van der Waals surface area (Å²) < 4.78 is 0. The highest BCUT2D eigenvalue weighted by atomic mass is 16.3. The number of piperidine rings is 1. The summed E-state index contributed by atoms with van der Waals surface area (Å²) in [6.45, 7) is 5.46. The van der Waals surface area contributed by atoms with E-state index in [1.54, 1.807) is 12.1 Å². The maximum atomic E-state index is 12.3. The molecule has 2 aromatic carbocycles. The Morgan fingerprint density at radius 3 is 2.62 bits per heavy atom. The van der Waals surface area contributed by atoms with Crippen LogP contribution in [0.2, 0.25) is 0 Å². The molecule has 1 heterocycles. The number of rotatable bonds is 5. The number of carbonyl (C=O) groups is 1. The van der Waals surface area contributed by atoms with Gasteiger partial charge in [-0.15, -0.1) is 0 Å². The monoisotopic (exact) mass is 353 g/mol. The maximum absolute atomic E-state index is 12.3. The lowest BCUT2D eigenvalue weighted by Crippen LogP contribution is -2.54. The minimum Gasteiger partial charge on any atom is -0.508 e. The Kier molecular flexibility index (Phi) is 5.44. The lowest BCUT2D eigenvalue weighted by Gasteiger charge is -2.48. The summed E-state index contributed by atoms with van der Waals surface area (Å²) >= 11 is 0. The largest absolute Gasteiger partial charge is 0.508 e. The van der Waals surface area contributed by atoms with Crippen molar-refractivity contribution < 1.29 is 15.0 Å². The van der Waals surface area contributed by atoms with Crippen molar-refractivity contribution in [3.8, 4) is 5.75 Å². The third-order valence-corrected chi connectivity index (χ3v) is 5.97. The molecule has 2 N–H and O–H groups in total. The fraction of sp³-hybridized carbons (Fsp3) is 0.409. The molecule has 0 amide bonds. The van der Waals surface area contributed by atoms with Gasteiger partial charge in [0.1, 0.15) is 12.0 Å². The molecule has 3 atom stereocenters. The van der Waals surface area contributed by atoms with Crippen LogP contribution in [0.5, 0.6) is 5.75 Å². The van der Waals surface area contributed by atoms with E-state index in [1.165, 1.54) is 0 Å². The summed E-state index contributed by atoms with van der Waals surface area (Å²) in [6, 6.07) is 16.6. The number of aliphatic hydroxyl groups excluding tert-OH is 1. The molecule has 0 bridgehead atoms. The molecule has 3 rings (SSSR count). The lowest BCUT2D eigenvalue weighted by atomic mass is 9.67. The van der Waals surface area contributed by atoms with Gasteiger partial charge in [0.25, 0.3) is 0 Å². The van der Waals surface area contributed by atoms with Crippen molar-refractivity contribution in [2.45, 2.75) is 38.3 Å². The second-order valence-corrected chi connectivity index (χ2v) is 7.50. The van der Waals surface area contributed by atoms with Gasteiger partial charge in [-0.2, -0.15) is 0 Å². The molecule has 0 spiro atoms. The van der Waals surface area contributed by atoms with E-state index in [2.05, 4.69) is 6.92 Å². The number of aliphatic hydroxyl groups is 1. The van der Waals surface area contributed by atoms with Gasteiger partial charge in [-0.1, -0.05) is 56.3 Å². The van der Waals surface area contributed by atoms with Gasteiger partial charge in [-0.3, -0.25) is 9.69 Å². The van der Waals surface area contributed by atoms with E-state index < -0.39 is 6.23 Å². The number of carbonyl (C=O) groups excluding carboxylic acids is 1. The van der Waals surface area contributed by atoms with Crippen molar-refractivity contribution in [3.05, 3.63) is 65.7 Å². The summed E-state index contributed by atoms with van der Waals surface area (Å²) in [6.07, 6.45) is 0.657. The first kappa shape index (κ1) is 18.6. The molecule has 4 nitrogen and oxygen atoms in total. The number of likely N-dealkylation sites (tertiary alicyclic amines) is 1. The van der Waals surface area contributed by atoms with Crippen LogP contribution in [0.3, 0.4) is 0 Å². The minimum atomic E-state index is -0.611. The summed E-state index contributed by atoms with van der Waals surface area (Å²) in [5, 5.41) is 20.6. The summed E-state index contributed by atoms with van der Waals surface area (Å²) in [5.74, 6) is 0.345. The lowest BCUT2D eigenvalue weighted by molar-refractivity contribution is -0.0900. The Bertz CT molecular complexity index is 761. The molecule has 0 saturated carbocycles. The zero-order valence-corrected chi connectivity index (χ0v) is 15.4. The molecule has 2 aromatic rings. The van der Waals surface area contributed by atoms with Crippen molar-refractivity contribution in [1.29, 1.82) is 0 Å². The minimum absolute atomic E-state index is 0.00937. The van der Waals surface area contributed by atoms with Crippen molar-refractivity contribution in [2.24, 2.45) is 5.92 Å². The van der Waals surface area contributed by atoms with E-state index >= 15 is 0 Å². The zero-order valence-electron chi connectivity index (χ0n) is 15.4. The van der Waals surface area contributed by atoms with Gasteiger partial charge in [0.15, 0.2) is 5.78 Å². The first-order valence-corrected chi connectivity index (χ1v) is 9.22. The van der Waals surface area contributed by atoms with E-state index in [4.69, 9.17) is 0 Å². The van der Waals surface area contributed by atoms with Crippen LogP contribution in [-0.2, 0) is 5.41 Å². The first-order chi connectivity index (χ1) is 12.4. The van der Waals surface area contributed by atoms with Gasteiger partial charge in [-0.25, -0.2) is 0 Å². The predicted octanol–water partition coefficient (Wildman–Crippen LogP) is 3.58. The molecule has 4 heteroatoms. The number of ketones is 1. The standard InChI is InChI=1S/C22H27NO3/c1-16-21(26)23(13-11-20(25)17-7-4-3-5-8-17)14-12-22(16,2)18-9-6-10-19(24)15-18/h3-10,15-16,21,24,26H,11-14H2,1-2H3/t16-,21?,22+/m1/s1. The fourth-order valence-corrected chi connectivity index (χ4v) is 3.91. The number of Topliss-reactive ketones (excluding diaryl/α,β-unsaturated/α-hetero) is 1. The van der Waals surface area contributed by atoms with Crippen LogP contribution in [0.1, 0.15) is 42.6 Å². The number of hydrogen-bond donors (Lipinski definition) is 2. The number of hydrogen-bond acceptors (Lipinski definition) is 4. The summed E-state index contributed by atoms with van der Waals surface area (Å²) in [5.41, 5.74) is 1.55. The van der Waals surface area contributed by atoms with Crippen molar-refractivity contribution >= 4 is 5.78 Å². The van der Waals surface area contributed by atoms with Crippen LogP contribution in [0.25, 0.3) is 0 Å². The Hall–Kier alpha value is -2.17. The molecule has 1 aliphatic rings. The number of nitrogens with zero attached hydrogens (tertiary/aromatic N) is 1. The van der Waals surface area contributed by atoms with Gasteiger partial charge in [0.05, 0.1) is 0 Å². The van der Waals surface area contributed by atoms with Crippen LogP contribution in [0.4, 0.5) is 0 Å². The van der Waals surface area contributed by atoms with Gasteiger partial charge >= 0.3 is 0 Å². The Labute approximate surface area is 155 Å². The third-order valence-electron chi connectivity index (χ3n) is 5.97. The molecule has 1 aliphatic heterocycles.